The van der Waals surface area contributed by atoms with Gasteiger partial charge in [0.1, 0.15) is 11.5 Å². The lowest BCUT2D eigenvalue weighted by molar-refractivity contribution is 0.484. The van der Waals surface area contributed by atoms with Crippen molar-refractivity contribution < 1.29 is 4.74 Å². The second-order valence-corrected chi connectivity index (χ2v) is 10.8. The zero-order chi connectivity index (χ0) is 30.0. The normalized spacial score (nSPS) is 11.1. The van der Waals surface area contributed by atoms with Crippen molar-refractivity contribution in [3.63, 3.8) is 0 Å². The van der Waals surface area contributed by atoms with Crippen molar-refractivity contribution >= 4 is 21.5 Å². The van der Waals surface area contributed by atoms with Gasteiger partial charge in [0.05, 0.1) is 11.4 Å². The fraction of sp³-hybridized carbons (Fsp3) is 0. The molecule has 0 fully saturated rings. The molecule has 8 aromatic rings. The molecule has 5 heteroatoms. The zero-order valence-electron chi connectivity index (χ0n) is 24.2. The van der Waals surface area contributed by atoms with E-state index in [1.807, 2.05) is 110 Å². The molecule has 4 aromatic heterocycles. The minimum Gasteiger partial charge on any atom is -0.457 e. The number of hydrogen-bond acceptors (Lipinski definition) is 5. The number of fused-ring (bicyclic) bond motifs is 2. The highest BCUT2D eigenvalue weighted by Gasteiger charge is 2.14. The summed E-state index contributed by atoms with van der Waals surface area (Å²) in [5.41, 5.74) is 8.16. The average Bonchev–Trinajstić information content (AvgIpc) is 3.12. The van der Waals surface area contributed by atoms with E-state index in [4.69, 9.17) is 14.7 Å². The molecule has 0 saturated carbocycles. The number of pyridine rings is 4. The lowest BCUT2D eigenvalue weighted by Crippen LogP contribution is -1.93. The fourth-order valence-electron chi connectivity index (χ4n) is 5.82. The van der Waals surface area contributed by atoms with E-state index in [-0.39, 0.29) is 0 Å². The summed E-state index contributed by atoms with van der Waals surface area (Å²) in [6, 6.07) is 41.2. The third kappa shape index (κ3) is 5.28. The van der Waals surface area contributed by atoms with E-state index in [2.05, 4.69) is 58.5 Å². The highest BCUT2D eigenvalue weighted by atomic mass is 16.5. The van der Waals surface area contributed by atoms with E-state index < -0.39 is 0 Å². The van der Waals surface area contributed by atoms with Crippen LogP contribution in [0, 0.1) is 0 Å². The Hall–Kier alpha value is -6.20. The monoisotopic (exact) mass is 578 g/mol. The van der Waals surface area contributed by atoms with E-state index in [1.165, 1.54) is 0 Å². The van der Waals surface area contributed by atoms with Gasteiger partial charge in [-0.25, -0.2) is 0 Å². The molecule has 0 radical (unpaired) electrons. The molecule has 0 spiro atoms. The van der Waals surface area contributed by atoms with E-state index in [1.54, 1.807) is 0 Å². The van der Waals surface area contributed by atoms with Crippen LogP contribution in [0.5, 0.6) is 11.5 Å². The SMILES string of the molecule is c1ccc(-c2ccnc(-c3cc(Oc4cc(-c5cc(-c6ccccc6)ccn5)c5ccncc5c4)cc4cnccc34)c2)cc1. The van der Waals surface area contributed by atoms with Gasteiger partial charge >= 0.3 is 0 Å². The summed E-state index contributed by atoms with van der Waals surface area (Å²) in [5, 5.41) is 4.05. The molecule has 0 N–H and O–H groups in total. The number of benzene rings is 4. The molecule has 8 rings (SSSR count). The molecule has 4 aromatic carbocycles. The molecule has 0 atom stereocenters. The van der Waals surface area contributed by atoms with Crippen molar-refractivity contribution in [2.75, 3.05) is 0 Å². The Morgan fingerprint density at radius 3 is 1.33 bits per heavy atom. The van der Waals surface area contributed by atoms with Gasteiger partial charge in [0, 0.05) is 59.1 Å². The second-order valence-electron chi connectivity index (χ2n) is 10.8. The van der Waals surface area contributed by atoms with E-state index in [9.17, 15) is 0 Å². The fourth-order valence-corrected chi connectivity index (χ4v) is 5.82. The number of nitrogens with zero attached hydrogens (tertiary/aromatic N) is 4. The first-order chi connectivity index (χ1) is 22.3. The maximum atomic E-state index is 6.64. The Labute approximate surface area is 260 Å². The standard InChI is InChI=1S/C40H26N4O/c1-3-7-27(8-4-1)29-11-17-43-39(21-29)37-23-33(19-31-25-41-15-13-35(31)37)45-34-20-32-26-42-16-14-36(32)38(24-34)40-22-30(12-18-44-40)28-9-5-2-6-10-28/h1-26H. The first kappa shape index (κ1) is 26.4. The Bertz CT molecular complexity index is 2140. The first-order valence-electron chi connectivity index (χ1n) is 14.8. The Balaban J connectivity index is 1.23. The first-order valence-corrected chi connectivity index (χ1v) is 14.8. The van der Waals surface area contributed by atoms with Crippen LogP contribution >= 0.6 is 0 Å². The van der Waals surface area contributed by atoms with Crippen LogP contribution in [0.2, 0.25) is 0 Å². The Kier molecular flexibility index (Phi) is 6.74. The summed E-state index contributed by atoms with van der Waals surface area (Å²) in [7, 11) is 0. The van der Waals surface area contributed by atoms with Crippen LogP contribution in [-0.4, -0.2) is 19.9 Å². The van der Waals surface area contributed by atoms with Gasteiger partial charge < -0.3 is 4.74 Å². The third-order valence-electron chi connectivity index (χ3n) is 7.97. The minimum atomic E-state index is 0.692. The zero-order valence-corrected chi connectivity index (χ0v) is 24.2. The molecule has 0 aliphatic heterocycles. The predicted molar refractivity (Wildman–Crippen MR) is 181 cm³/mol. The molecule has 45 heavy (non-hydrogen) atoms. The molecule has 5 nitrogen and oxygen atoms in total. The summed E-state index contributed by atoms with van der Waals surface area (Å²) >= 11 is 0. The second kappa shape index (κ2) is 11.5. The third-order valence-corrected chi connectivity index (χ3v) is 7.97. The molecular weight excluding hydrogens is 552 g/mol. The minimum absolute atomic E-state index is 0.692. The highest BCUT2D eigenvalue weighted by molar-refractivity contribution is 5.98. The van der Waals surface area contributed by atoms with Crippen LogP contribution in [-0.2, 0) is 0 Å². The van der Waals surface area contributed by atoms with Crippen molar-refractivity contribution in [1.82, 2.24) is 19.9 Å². The van der Waals surface area contributed by atoms with Gasteiger partial charge in [-0.15, -0.1) is 0 Å². The molecule has 0 unspecified atom stereocenters. The molecule has 0 amide bonds. The van der Waals surface area contributed by atoms with Crippen molar-refractivity contribution in [3.8, 4) is 56.3 Å². The van der Waals surface area contributed by atoms with Gasteiger partial charge in [0.25, 0.3) is 0 Å². The number of ether oxygens (including phenoxy) is 1. The molecule has 4 heterocycles. The van der Waals surface area contributed by atoms with Crippen molar-refractivity contribution in [3.05, 3.63) is 159 Å². The van der Waals surface area contributed by atoms with Crippen LogP contribution in [0.25, 0.3) is 66.3 Å². The summed E-state index contributed by atoms with van der Waals surface area (Å²) in [6.45, 7) is 0. The van der Waals surface area contributed by atoms with E-state index in [0.717, 1.165) is 66.3 Å². The van der Waals surface area contributed by atoms with Crippen LogP contribution in [0.4, 0.5) is 0 Å². The Morgan fingerprint density at radius 1 is 0.400 bits per heavy atom. The largest absolute Gasteiger partial charge is 0.457 e. The predicted octanol–water partition coefficient (Wildman–Crippen LogP) is 10.0. The maximum Gasteiger partial charge on any atom is 0.128 e. The molecule has 0 bridgehead atoms. The van der Waals surface area contributed by atoms with Crippen molar-refractivity contribution in [2.45, 2.75) is 0 Å². The smallest absolute Gasteiger partial charge is 0.128 e. The Morgan fingerprint density at radius 2 is 0.867 bits per heavy atom. The lowest BCUT2D eigenvalue weighted by atomic mass is 9.99. The van der Waals surface area contributed by atoms with Gasteiger partial charge in [-0.05, 0) is 93.7 Å². The van der Waals surface area contributed by atoms with Crippen molar-refractivity contribution in [1.29, 1.82) is 0 Å². The molecular formula is C40H26N4O. The van der Waals surface area contributed by atoms with Crippen LogP contribution < -0.4 is 4.74 Å². The number of rotatable bonds is 6. The van der Waals surface area contributed by atoms with Gasteiger partial charge in [-0.1, -0.05) is 60.7 Å². The molecule has 0 saturated heterocycles. The summed E-state index contributed by atoms with van der Waals surface area (Å²) in [5.74, 6) is 1.38. The average molecular weight is 579 g/mol. The van der Waals surface area contributed by atoms with E-state index >= 15 is 0 Å². The van der Waals surface area contributed by atoms with Crippen LogP contribution in [0.15, 0.2) is 159 Å². The maximum absolute atomic E-state index is 6.64. The van der Waals surface area contributed by atoms with Gasteiger partial charge in [-0.3, -0.25) is 19.9 Å². The lowest BCUT2D eigenvalue weighted by Gasteiger charge is -2.14. The van der Waals surface area contributed by atoms with Crippen LogP contribution in [0.1, 0.15) is 0 Å². The molecule has 0 aliphatic carbocycles. The summed E-state index contributed by atoms with van der Waals surface area (Å²) < 4.78 is 6.64. The topological polar surface area (TPSA) is 60.8 Å². The van der Waals surface area contributed by atoms with Gasteiger partial charge in [-0.2, -0.15) is 0 Å². The molecule has 212 valence electrons. The van der Waals surface area contributed by atoms with E-state index in [0.29, 0.717) is 11.5 Å². The number of aromatic nitrogens is 4. The number of hydrogen-bond donors (Lipinski definition) is 0. The quantitative estimate of drug-likeness (QED) is 0.196. The molecule has 0 aliphatic rings. The highest BCUT2D eigenvalue weighted by Crippen LogP contribution is 2.38. The summed E-state index contributed by atoms with van der Waals surface area (Å²) in [4.78, 5) is 18.3. The van der Waals surface area contributed by atoms with Crippen molar-refractivity contribution in [2.24, 2.45) is 0 Å². The van der Waals surface area contributed by atoms with Crippen LogP contribution in [0.3, 0.4) is 0 Å². The van der Waals surface area contributed by atoms with Gasteiger partial charge in [0.2, 0.25) is 0 Å². The van der Waals surface area contributed by atoms with Gasteiger partial charge in [0.15, 0.2) is 0 Å². The summed E-state index contributed by atoms with van der Waals surface area (Å²) in [6.07, 6.45) is 11.1.